The Hall–Kier alpha value is -2.70. The third-order valence-electron chi connectivity index (χ3n) is 3.17. The van der Waals surface area contributed by atoms with Gasteiger partial charge in [0.05, 0.1) is 24.3 Å². The van der Waals surface area contributed by atoms with E-state index in [0.29, 0.717) is 16.9 Å². The second-order valence-corrected chi connectivity index (χ2v) is 4.97. The summed E-state index contributed by atoms with van der Waals surface area (Å²) in [5.74, 6) is -0.234. The lowest BCUT2D eigenvalue weighted by molar-refractivity contribution is -0.121. The first-order valence-electron chi connectivity index (χ1n) is 6.99. The molecule has 23 heavy (non-hydrogen) atoms. The lowest BCUT2D eigenvalue weighted by Crippen LogP contribution is -2.28. The van der Waals surface area contributed by atoms with Gasteiger partial charge in [-0.25, -0.2) is 0 Å². The molecule has 1 atom stereocenters. The molecule has 0 saturated heterocycles. The smallest absolute Gasteiger partial charge is 0.387 e. The van der Waals surface area contributed by atoms with Crippen molar-refractivity contribution in [2.24, 2.45) is 0 Å². The molecule has 5 nitrogen and oxygen atoms in total. The first-order chi connectivity index (χ1) is 11.0. The zero-order valence-corrected chi connectivity index (χ0v) is 12.5. The molecule has 7 heteroatoms. The summed E-state index contributed by atoms with van der Waals surface area (Å²) in [6.07, 6.45) is 1.54. The summed E-state index contributed by atoms with van der Waals surface area (Å²) in [6, 6.07) is 9.19. The molecule has 0 aliphatic rings. The molecule has 0 spiro atoms. The van der Waals surface area contributed by atoms with Crippen LogP contribution in [-0.4, -0.2) is 17.5 Å². The molecular formula is C16H17F2N3O2. The quantitative estimate of drug-likeness (QED) is 0.857. The number of hydrogen-bond acceptors (Lipinski definition) is 4. The van der Waals surface area contributed by atoms with Gasteiger partial charge in [0.25, 0.3) is 0 Å². The fourth-order valence-corrected chi connectivity index (χ4v) is 2.12. The maximum absolute atomic E-state index is 12.4. The lowest BCUT2D eigenvalue weighted by Gasteiger charge is -2.18. The molecule has 1 aromatic heterocycles. The predicted molar refractivity (Wildman–Crippen MR) is 82.0 cm³/mol. The molecule has 1 aromatic carbocycles. The van der Waals surface area contributed by atoms with E-state index in [0.717, 1.165) is 0 Å². The molecule has 0 aliphatic carbocycles. The summed E-state index contributed by atoms with van der Waals surface area (Å²) in [5.41, 5.74) is 7.10. The standard InChI is InChI=1S/C16H17F2N3O2/c1-10(13-4-2-3-5-14(13)23-16(17)18)21-15(22)8-12-7-6-11(19)9-20-12/h2-7,9-10,16H,8,19H2,1H3,(H,21,22). The maximum atomic E-state index is 12.4. The number of rotatable bonds is 6. The largest absolute Gasteiger partial charge is 0.434 e. The molecule has 1 heterocycles. The van der Waals surface area contributed by atoms with Gasteiger partial charge >= 0.3 is 6.61 Å². The van der Waals surface area contributed by atoms with Crippen molar-refractivity contribution < 1.29 is 18.3 Å². The highest BCUT2D eigenvalue weighted by Crippen LogP contribution is 2.26. The number of nitrogens with zero attached hydrogens (tertiary/aromatic N) is 1. The Labute approximate surface area is 132 Å². The van der Waals surface area contributed by atoms with E-state index in [4.69, 9.17) is 5.73 Å². The van der Waals surface area contributed by atoms with Crippen LogP contribution in [-0.2, 0) is 11.2 Å². The normalized spacial score (nSPS) is 12.0. The number of benzene rings is 1. The highest BCUT2D eigenvalue weighted by Gasteiger charge is 2.16. The van der Waals surface area contributed by atoms with Crippen molar-refractivity contribution >= 4 is 11.6 Å². The Morgan fingerprint density at radius 1 is 1.30 bits per heavy atom. The molecule has 0 bridgehead atoms. The van der Waals surface area contributed by atoms with Gasteiger partial charge in [-0.3, -0.25) is 9.78 Å². The average Bonchev–Trinajstić information content (AvgIpc) is 2.49. The predicted octanol–water partition coefficient (Wildman–Crippen LogP) is 2.69. The average molecular weight is 321 g/mol. The minimum absolute atomic E-state index is 0.0425. The van der Waals surface area contributed by atoms with Gasteiger partial charge in [-0.2, -0.15) is 8.78 Å². The zero-order valence-electron chi connectivity index (χ0n) is 12.5. The summed E-state index contributed by atoms with van der Waals surface area (Å²) in [4.78, 5) is 16.1. The van der Waals surface area contributed by atoms with Gasteiger partial charge in [-0.1, -0.05) is 18.2 Å². The fraction of sp³-hybridized carbons (Fsp3) is 0.250. The number of anilines is 1. The number of hydrogen-bond donors (Lipinski definition) is 2. The van der Waals surface area contributed by atoms with E-state index < -0.39 is 12.7 Å². The number of ether oxygens (including phenoxy) is 1. The molecule has 2 rings (SSSR count). The topological polar surface area (TPSA) is 77.2 Å². The molecule has 3 N–H and O–H groups in total. The Morgan fingerprint density at radius 2 is 2.04 bits per heavy atom. The molecule has 2 aromatic rings. The Kier molecular flexibility index (Phi) is 5.46. The van der Waals surface area contributed by atoms with E-state index in [1.54, 1.807) is 37.3 Å². The van der Waals surface area contributed by atoms with Gasteiger partial charge in [0.1, 0.15) is 5.75 Å². The minimum Gasteiger partial charge on any atom is -0.434 e. The summed E-state index contributed by atoms with van der Waals surface area (Å²) in [7, 11) is 0. The molecular weight excluding hydrogens is 304 g/mol. The van der Waals surface area contributed by atoms with Gasteiger partial charge in [0, 0.05) is 11.3 Å². The van der Waals surface area contributed by atoms with E-state index in [9.17, 15) is 13.6 Å². The number of pyridine rings is 1. The van der Waals surface area contributed by atoms with Crippen molar-refractivity contribution in [3.05, 3.63) is 53.9 Å². The molecule has 0 aliphatic heterocycles. The van der Waals surface area contributed by atoms with E-state index in [-0.39, 0.29) is 18.1 Å². The monoisotopic (exact) mass is 321 g/mol. The molecule has 0 radical (unpaired) electrons. The van der Waals surface area contributed by atoms with Crippen LogP contribution >= 0.6 is 0 Å². The van der Waals surface area contributed by atoms with Crippen molar-refractivity contribution in [3.63, 3.8) is 0 Å². The van der Waals surface area contributed by atoms with Crippen LogP contribution in [0.3, 0.4) is 0 Å². The van der Waals surface area contributed by atoms with Crippen LogP contribution in [0.25, 0.3) is 0 Å². The number of carbonyl (C=O) groups excluding carboxylic acids is 1. The van der Waals surface area contributed by atoms with Crippen LogP contribution in [0.15, 0.2) is 42.6 Å². The second-order valence-electron chi connectivity index (χ2n) is 4.97. The van der Waals surface area contributed by atoms with Crippen molar-refractivity contribution in [2.45, 2.75) is 26.0 Å². The highest BCUT2D eigenvalue weighted by atomic mass is 19.3. The molecule has 122 valence electrons. The lowest BCUT2D eigenvalue weighted by atomic mass is 10.1. The van der Waals surface area contributed by atoms with Crippen molar-refractivity contribution in [2.75, 3.05) is 5.73 Å². The second kappa shape index (κ2) is 7.53. The third-order valence-corrected chi connectivity index (χ3v) is 3.17. The Morgan fingerprint density at radius 3 is 2.70 bits per heavy atom. The van der Waals surface area contributed by atoms with E-state index >= 15 is 0 Å². The number of para-hydroxylation sites is 1. The SMILES string of the molecule is CC(NC(=O)Cc1ccc(N)cn1)c1ccccc1OC(F)F. The summed E-state index contributed by atoms with van der Waals surface area (Å²) in [6.45, 7) is -1.22. The van der Waals surface area contributed by atoms with Crippen LogP contribution in [0, 0.1) is 0 Å². The summed E-state index contributed by atoms with van der Waals surface area (Å²) in [5, 5.41) is 2.74. The van der Waals surface area contributed by atoms with Crippen LogP contribution in [0.2, 0.25) is 0 Å². The van der Waals surface area contributed by atoms with Crippen molar-refractivity contribution in [1.82, 2.24) is 10.3 Å². The summed E-state index contributed by atoms with van der Waals surface area (Å²) >= 11 is 0. The number of halogens is 2. The van der Waals surface area contributed by atoms with E-state index in [1.165, 1.54) is 12.3 Å². The van der Waals surface area contributed by atoms with Crippen LogP contribution < -0.4 is 15.8 Å². The van der Waals surface area contributed by atoms with E-state index in [1.807, 2.05) is 0 Å². The first kappa shape index (κ1) is 16.7. The molecule has 0 saturated carbocycles. The first-order valence-corrected chi connectivity index (χ1v) is 6.99. The van der Waals surface area contributed by atoms with Gasteiger partial charge in [0.2, 0.25) is 5.91 Å². The number of nitrogens with one attached hydrogen (secondary N) is 1. The van der Waals surface area contributed by atoms with Gasteiger partial charge in [0.15, 0.2) is 0 Å². The van der Waals surface area contributed by atoms with Crippen LogP contribution in [0.5, 0.6) is 5.75 Å². The Balaban J connectivity index is 2.02. The zero-order chi connectivity index (χ0) is 16.8. The van der Waals surface area contributed by atoms with Crippen molar-refractivity contribution in [3.8, 4) is 5.75 Å². The maximum Gasteiger partial charge on any atom is 0.387 e. The number of alkyl halides is 2. The van der Waals surface area contributed by atoms with Crippen molar-refractivity contribution in [1.29, 1.82) is 0 Å². The number of carbonyl (C=O) groups is 1. The third kappa shape index (κ3) is 4.91. The van der Waals surface area contributed by atoms with Gasteiger partial charge in [-0.15, -0.1) is 0 Å². The van der Waals surface area contributed by atoms with Gasteiger partial charge in [-0.05, 0) is 25.1 Å². The number of amides is 1. The molecule has 1 amide bonds. The minimum atomic E-state index is -2.92. The van der Waals surface area contributed by atoms with Crippen LogP contribution in [0.4, 0.5) is 14.5 Å². The van der Waals surface area contributed by atoms with E-state index in [2.05, 4.69) is 15.0 Å². The fourth-order valence-electron chi connectivity index (χ4n) is 2.12. The number of nitrogen functional groups attached to an aromatic ring is 1. The molecule has 1 unspecified atom stereocenters. The highest BCUT2D eigenvalue weighted by molar-refractivity contribution is 5.78. The Bertz CT molecular complexity index is 663. The summed E-state index contributed by atoms with van der Waals surface area (Å²) < 4.78 is 29.3. The van der Waals surface area contributed by atoms with Crippen LogP contribution in [0.1, 0.15) is 24.2 Å². The van der Waals surface area contributed by atoms with Gasteiger partial charge < -0.3 is 15.8 Å². The molecule has 0 fully saturated rings. The number of aromatic nitrogens is 1. The number of nitrogens with two attached hydrogens (primary N) is 1.